The molecular weight excluding hydrogens is 424 g/mol. The molecule has 1 aromatic carbocycles. The number of carbonyl (C=O) groups excluding carboxylic acids is 2. The van der Waals surface area contributed by atoms with Gasteiger partial charge in [0.15, 0.2) is 11.5 Å². The van der Waals surface area contributed by atoms with Crippen LogP contribution >= 0.6 is 0 Å². The van der Waals surface area contributed by atoms with Crippen molar-refractivity contribution >= 4 is 11.8 Å². The SMILES string of the molecule is COc1cc(C(=O)NC(CO)C(=O)NC2CCCCCCCCCCC2)cc(OC)c1OC. The molecule has 3 N–H and O–H groups in total. The van der Waals surface area contributed by atoms with Crippen molar-refractivity contribution in [1.29, 1.82) is 0 Å². The summed E-state index contributed by atoms with van der Waals surface area (Å²) in [7, 11) is 4.41. The van der Waals surface area contributed by atoms with Gasteiger partial charge in [-0.2, -0.15) is 0 Å². The number of benzene rings is 1. The average molecular weight is 465 g/mol. The van der Waals surface area contributed by atoms with Crippen LogP contribution in [0.3, 0.4) is 0 Å². The zero-order valence-corrected chi connectivity index (χ0v) is 20.3. The Hall–Kier alpha value is -2.48. The van der Waals surface area contributed by atoms with Gasteiger partial charge in [0.05, 0.1) is 27.9 Å². The Morgan fingerprint density at radius 1 is 0.879 bits per heavy atom. The Morgan fingerprint density at radius 2 is 1.36 bits per heavy atom. The fourth-order valence-electron chi connectivity index (χ4n) is 4.26. The number of nitrogens with one attached hydrogen (secondary N) is 2. The third-order valence-electron chi connectivity index (χ3n) is 6.18. The Kier molecular flexibility index (Phi) is 11.9. The molecule has 8 heteroatoms. The molecule has 1 fully saturated rings. The lowest BCUT2D eigenvalue weighted by Gasteiger charge is -2.23. The van der Waals surface area contributed by atoms with Gasteiger partial charge in [0.25, 0.3) is 5.91 Å². The second-order valence-corrected chi connectivity index (χ2v) is 8.59. The van der Waals surface area contributed by atoms with Gasteiger partial charge in [-0.05, 0) is 25.0 Å². The van der Waals surface area contributed by atoms with E-state index in [9.17, 15) is 14.7 Å². The minimum atomic E-state index is -1.04. The maximum Gasteiger partial charge on any atom is 0.252 e. The van der Waals surface area contributed by atoms with Crippen LogP contribution < -0.4 is 24.8 Å². The molecule has 0 spiro atoms. The summed E-state index contributed by atoms with van der Waals surface area (Å²) in [5.41, 5.74) is 0.238. The molecule has 1 aliphatic carbocycles. The highest BCUT2D eigenvalue weighted by atomic mass is 16.5. The van der Waals surface area contributed by atoms with Crippen molar-refractivity contribution in [2.75, 3.05) is 27.9 Å². The minimum Gasteiger partial charge on any atom is -0.493 e. The third kappa shape index (κ3) is 8.42. The lowest BCUT2D eigenvalue weighted by atomic mass is 9.97. The number of hydrogen-bond acceptors (Lipinski definition) is 6. The summed E-state index contributed by atoms with van der Waals surface area (Å²) < 4.78 is 15.9. The summed E-state index contributed by atoms with van der Waals surface area (Å²) in [5.74, 6) is 0.161. The van der Waals surface area contributed by atoms with E-state index in [1.54, 1.807) is 0 Å². The molecule has 0 heterocycles. The summed E-state index contributed by atoms with van der Waals surface area (Å²) in [6.45, 7) is -0.491. The standard InChI is InChI=1S/C25H40N2O6/c1-31-21-15-18(16-22(32-2)23(21)33-3)24(29)27-20(17-28)25(30)26-19-13-11-9-7-5-4-6-8-10-12-14-19/h15-16,19-20,28H,4-14,17H2,1-3H3,(H,26,30)(H,27,29). The highest BCUT2D eigenvalue weighted by molar-refractivity contribution is 5.98. The molecule has 0 saturated heterocycles. The molecule has 1 unspecified atom stereocenters. The summed E-state index contributed by atoms with van der Waals surface area (Å²) in [6, 6.07) is 2.04. The van der Waals surface area contributed by atoms with Gasteiger partial charge < -0.3 is 30.0 Å². The van der Waals surface area contributed by atoms with E-state index in [2.05, 4.69) is 10.6 Å². The first-order chi connectivity index (χ1) is 16.0. The van der Waals surface area contributed by atoms with Crippen LogP contribution in [0.25, 0.3) is 0 Å². The Labute approximate surface area is 197 Å². The number of amides is 2. The quantitative estimate of drug-likeness (QED) is 0.543. The van der Waals surface area contributed by atoms with E-state index >= 15 is 0 Å². The second kappa shape index (κ2) is 14.6. The molecule has 186 valence electrons. The average Bonchev–Trinajstić information content (AvgIpc) is 2.82. The zero-order valence-electron chi connectivity index (χ0n) is 20.3. The molecule has 2 amide bonds. The van der Waals surface area contributed by atoms with Gasteiger partial charge >= 0.3 is 0 Å². The minimum absolute atomic E-state index is 0.0593. The van der Waals surface area contributed by atoms with Gasteiger partial charge in [0, 0.05) is 11.6 Å². The Balaban J connectivity index is 2.03. The van der Waals surface area contributed by atoms with E-state index in [-0.39, 0.29) is 17.5 Å². The van der Waals surface area contributed by atoms with E-state index in [4.69, 9.17) is 14.2 Å². The normalized spacial score (nSPS) is 17.1. The fraction of sp³-hybridized carbons (Fsp3) is 0.680. The number of aliphatic hydroxyl groups is 1. The molecule has 2 rings (SSSR count). The van der Waals surface area contributed by atoms with Crippen LogP contribution in [0, 0.1) is 0 Å². The first-order valence-corrected chi connectivity index (χ1v) is 12.1. The third-order valence-corrected chi connectivity index (χ3v) is 6.18. The lowest BCUT2D eigenvalue weighted by Crippen LogP contribution is -2.51. The first kappa shape index (κ1) is 26.8. The number of methoxy groups -OCH3 is 3. The summed E-state index contributed by atoms with van der Waals surface area (Å²) in [4.78, 5) is 25.7. The van der Waals surface area contributed by atoms with Crippen molar-refractivity contribution in [2.45, 2.75) is 82.7 Å². The zero-order chi connectivity index (χ0) is 24.1. The maximum absolute atomic E-state index is 12.9. The van der Waals surface area contributed by atoms with Crippen LogP contribution in [0.1, 0.15) is 81.0 Å². The van der Waals surface area contributed by atoms with E-state index in [0.717, 1.165) is 25.7 Å². The topological polar surface area (TPSA) is 106 Å². The highest BCUT2D eigenvalue weighted by Gasteiger charge is 2.25. The lowest BCUT2D eigenvalue weighted by molar-refractivity contribution is -0.124. The summed E-state index contributed by atoms with van der Waals surface area (Å²) in [6.07, 6.45) is 12.7. The van der Waals surface area contributed by atoms with Crippen molar-refractivity contribution in [3.8, 4) is 17.2 Å². The van der Waals surface area contributed by atoms with E-state index in [0.29, 0.717) is 17.2 Å². The van der Waals surface area contributed by atoms with Crippen molar-refractivity contribution in [1.82, 2.24) is 10.6 Å². The maximum atomic E-state index is 12.9. The fourth-order valence-corrected chi connectivity index (χ4v) is 4.26. The van der Waals surface area contributed by atoms with Crippen molar-refractivity contribution in [3.05, 3.63) is 17.7 Å². The molecular formula is C25H40N2O6. The number of aliphatic hydroxyl groups excluding tert-OH is 1. The van der Waals surface area contributed by atoms with Gasteiger partial charge in [-0.15, -0.1) is 0 Å². The summed E-state index contributed by atoms with van der Waals surface area (Å²) >= 11 is 0. The van der Waals surface area contributed by atoms with Gasteiger partial charge in [-0.3, -0.25) is 9.59 Å². The van der Waals surface area contributed by atoms with Crippen LogP contribution in [0.15, 0.2) is 12.1 Å². The van der Waals surface area contributed by atoms with Crippen LogP contribution in [-0.4, -0.2) is 56.9 Å². The number of ether oxygens (including phenoxy) is 3. The first-order valence-electron chi connectivity index (χ1n) is 12.1. The molecule has 1 atom stereocenters. The number of carbonyl (C=O) groups is 2. The van der Waals surface area contributed by atoms with Crippen molar-refractivity contribution < 1.29 is 28.9 Å². The predicted octanol–water partition coefficient (Wildman–Crippen LogP) is 3.59. The predicted molar refractivity (Wildman–Crippen MR) is 127 cm³/mol. The molecule has 0 aromatic heterocycles. The van der Waals surface area contributed by atoms with E-state index in [1.807, 2.05) is 0 Å². The molecule has 1 aliphatic rings. The monoisotopic (exact) mass is 464 g/mol. The molecule has 0 radical (unpaired) electrons. The molecule has 1 saturated carbocycles. The number of hydrogen-bond donors (Lipinski definition) is 3. The second-order valence-electron chi connectivity index (χ2n) is 8.59. The molecule has 8 nitrogen and oxygen atoms in total. The van der Waals surface area contributed by atoms with Gasteiger partial charge in [-0.1, -0.05) is 57.8 Å². The molecule has 0 aliphatic heterocycles. The van der Waals surface area contributed by atoms with Crippen molar-refractivity contribution in [3.63, 3.8) is 0 Å². The summed E-state index contributed by atoms with van der Waals surface area (Å²) in [5, 5.41) is 15.5. The van der Waals surface area contributed by atoms with Crippen molar-refractivity contribution in [2.24, 2.45) is 0 Å². The van der Waals surface area contributed by atoms with Crippen LogP contribution in [-0.2, 0) is 4.79 Å². The van der Waals surface area contributed by atoms with Gasteiger partial charge in [-0.25, -0.2) is 0 Å². The Morgan fingerprint density at radius 3 is 1.79 bits per heavy atom. The van der Waals surface area contributed by atoms with Crippen LogP contribution in [0.4, 0.5) is 0 Å². The largest absolute Gasteiger partial charge is 0.493 e. The van der Waals surface area contributed by atoms with E-state index in [1.165, 1.54) is 78.4 Å². The van der Waals surface area contributed by atoms with Gasteiger partial charge in [0.2, 0.25) is 11.7 Å². The Bertz CT molecular complexity index is 717. The van der Waals surface area contributed by atoms with Crippen LogP contribution in [0.2, 0.25) is 0 Å². The van der Waals surface area contributed by atoms with Crippen LogP contribution in [0.5, 0.6) is 17.2 Å². The van der Waals surface area contributed by atoms with E-state index < -0.39 is 18.6 Å². The smallest absolute Gasteiger partial charge is 0.252 e. The molecule has 1 aromatic rings. The highest BCUT2D eigenvalue weighted by Crippen LogP contribution is 2.38. The molecule has 33 heavy (non-hydrogen) atoms. The molecule has 0 bridgehead atoms. The number of rotatable bonds is 8. The van der Waals surface area contributed by atoms with Gasteiger partial charge in [0.1, 0.15) is 6.04 Å².